The monoisotopic (exact) mass is 307 g/mol. The van der Waals surface area contributed by atoms with Gasteiger partial charge in [0, 0.05) is 11.8 Å². The van der Waals surface area contributed by atoms with Crippen LogP contribution < -0.4 is 0 Å². The first-order valence-electron chi connectivity index (χ1n) is 6.22. The van der Waals surface area contributed by atoms with Crippen LogP contribution in [0.2, 0.25) is 0 Å². The minimum Gasteiger partial charge on any atom is -0.478 e. The van der Waals surface area contributed by atoms with Crippen molar-refractivity contribution in [2.75, 3.05) is 0 Å². The number of aromatic nitrogens is 1. The lowest BCUT2D eigenvalue weighted by atomic mass is 10.1. The molecule has 0 aliphatic carbocycles. The summed E-state index contributed by atoms with van der Waals surface area (Å²) in [7, 11) is 0. The normalized spacial score (nSPS) is 11.2. The Bertz CT molecular complexity index is 675. The number of carboxylic acid groups (broad SMARTS) is 1. The Morgan fingerprint density at radius 2 is 2.24 bits per heavy atom. The van der Waals surface area contributed by atoms with Gasteiger partial charge in [0.2, 0.25) is 0 Å². The van der Waals surface area contributed by atoms with Gasteiger partial charge in [0.05, 0.1) is 5.69 Å². The fourth-order valence-corrected chi connectivity index (χ4v) is 2.59. The molecule has 0 spiro atoms. The molecule has 0 saturated carbocycles. The Morgan fingerprint density at radius 1 is 1.48 bits per heavy atom. The van der Waals surface area contributed by atoms with Crippen LogP contribution >= 0.6 is 11.8 Å². The van der Waals surface area contributed by atoms with Gasteiger partial charge in [-0.3, -0.25) is 0 Å². The summed E-state index contributed by atoms with van der Waals surface area (Å²) >= 11 is 1.38. The maximum absolute atomic E-state index is 13.3. The van der Waals surface area contributed by atoms with Crippen molar-refractivity contribution in [3.8, 4) is 0 Å². The number of thioether (sulfide) groups is 1. The molecule has 1 aromatic heterocycles. The van der Waals surface area contributed by atoms with Crippen LogP contribution in [-0.2, 0) is 10.5 Å². The molecule has 21 heavy (non-hydrogen) atoms. The van der Waals surface area contributed by atoms with E-state index in [1.165, 1.54) is 30.0 Å². The fourth-order valence-electron chi connectivity index (χ4n) is 1.66. The topological polar surface area (TPSA) is 63.3 Å². The van der Waals surface area contributed by atoms with E-state index in [0.29, 0.717) is 16.5 Å². The average Bonchev–Trinajstić information content (AvgIpc) is 2.74. The molecule has 0 bridgehead atoms. The predicted octanol–water partition coefficient (Wildman–Crippen LogP) is 3.82. The number of hydrogen-bond donors (Lipinski definition) is 1. The molecule has 4 nitrogen and oxygen atoms in total. The zero-order valence-corrected chi connectivity index (χ0v) is 12.4. The first-order valence-corrected chi connectivity index (χ1v) is 7.20. The molecule has 0 radical (unpaired) electrons. The van der Waals surface area contributed by atoms with E-state index in [2.05, 4.69) is 4.98 Å². The molecule has 0 unspecified atom stereocenters. The molecule has 0 saturated heterocycles. The molecule has 0 aliphatic rings. The van der Waals surface area contributed by atoms with Crippen LogP contribution in [-0.4, -0.2) is 16.1 Å². The Balaban J connectivity index is 2.17. The Labute approximate surface area is 125 Å². The highest BCUT2D eigenvalue weighted by molar-refractivity contribution is 7.98. The fraction of sp³-hybridized carbons (Fsp3) is 0.200. The third-order valence-corrected chi connectivity index (χ3v) is 3.75. The molecule has 1 heterocycles. The van der Waals surface area contributed by atoms with Gasteiger partial charge in [-0.05, 0) is 43.2 Å². The van der Waals surface area contributed by atoms with Crippen molar-refractivity contribution in [1.82, 2.24) is 4.98 Å². The van der Waals surface area contributed by atoms with Gasteiger partial charge in [-0.1, -0.05) is 17.8 Å². The SMILES string of the molecule is Cc1nc(SCc2ccc(F)cc2/C=C/C(=O)O)oc1C. The van der Waals surface area contributed by atoms with E-state index >= 15 is 0 Å². The first kappa shape index (κ1) is 15.3. The van der Waals surface area contributed by atoms with Gasteiger partial charge >= 0.3 is 5.97 Å². The number of aryl methyl sites for hydroxylation is 2. The van der Waals surface area contributed by atoms with E-state index in [0.717, 1.165) is 23.1 Å². The second-order valence-corrected chi connectivity index (χ2v) is 5.35. The molecule has 2 aromatic rings. The quantitative estimate of drug-likeness (QED) is 0.672. The number of benzene rings is 1. The zero-order chi connectivity index (χ0) is 15.4. The molecule has 0 fully saturated rings. The van der Waals surface area contributed by atoms with Crippen LogP contribution in [0.15, 0.2) is 33.9 Å². The Kier molecular flexibility index (Phi) is 4.80. The van der Waals surface area contributed by atoms with Gasteiger partial charge in [0.1, 0.15) is 11.6 Å². The molecular formula is C15H14FNO3S. The highest BCUT2D eigenvalue weighted by Crippen LogP contribution is 2.26. The second kappa shape index (κ2) is 6.58. The summed E-state index contributed by atoms with van der Waals surface area (Å²) in [6.07, 6.45) is 2.37. The van der Waals surface area contributed by atoms with Crippen molar-refractivity contribution >= 4 is 23.8 Å². The molecular weight excluding hydrogens is 293 g/mol. The van der Waals surface area contributed by atoms with Crippen LogP contribution in [0, 0.1) is 19.7 Å². The van der Waals surface area contributed by atoms with E-state index < -0.39 is 11.8 Å². The highest BCUT2D eigenvalue weighted by atomic mass is 32.2. The average molecular weight is 307 g/mol. The summed E-state index contributed by atoms with van der Waals surface area (Å²) in [5.74, 6) is -0.199. The number of carboxylic acids is 1. The third kappa shape index (κ3) is 4.19. The number of nitrogens with zero attached hydrogens (tertiary/aromatic N) is 1. The number of rotatable bonds is 5. The highest BCUT2D eigenvalue weighted by Gasteiger charge is 2.08. The smallest absolute Gasteiger partial charge is 0.328 e. The number of carbonyl (C=O) groups is 1. The molecule has 1 N–H and O–H groups in total. The lowest BCUT2D eigenvalue weighted by Crippen LogP contribution is -1.91. The molecule has 110 valence electrons. The third-order valence-electron chi connectivity index (χ3n) is 2.87. The Morgan fingerprint density at radius 3 is 2.86 bits per heavy atom. The van der Waals surface area contributed by atoms with Crippen molar-refractivity contribution in [3.05, 3.63) is 52.7 Å². The van der Waals surface area contributed by atoms with Gasteiger partial charge in [-0.25, -0.2) is 14.2 Å². The number of oxazole rings is 1. The van der Waals surface area contributed by atoms with Crippen LogP contribution in [0.3, 0.4) is 0 Å². The van der Waals surface area contributed by atoms with Crippen molar-refractivity contribution in [2.45, 2.75) is 24.8 Å². The molecule has 0 aliphatic heterocycles. The van der Waals surface area contributed by atoms with Crippen LogP contribution in [0.25, 0.3) is 6.08 Å². The summed E-state index contributed by atoms with van der Waals surface area (Å²) < 4.78 is 18.7. The summed E-state index contributed by atoms with van der Waals surface area (Å²) in [6.45, 7) is 3.70. The van der Waals surface area contributed by atoms with Crippen molar-refractivity contribution in [1.29, 1.82) is 0 Å². The second-order valence-electron chi connectivity index (χ2n) is 4.42. The van der Waals surface area contributed by atoms with E-state index in [1.54, 1.807) is 6.07 Å². The first-order chi connectivity index (χ1) is 9.95. The van der Waals surface area contributed by atoms with E-state index in [-0.39, 0.29) is 0 Å². The van der Waals surface area contributed by atoms with E-state index in [1.807, 2.05) is 13.8 Å². The summed E-state index contributed by atoms with van der Waals surface area (Å²) in [6, 6.07) is 4.29. The lowest BCUT2D eigenvalue weighted by Gasteiger charge is -2.04. The molecule has 0 amide bonds. The van der Waals surface area contributed by atoms with Gasteiger partial charge < -0.3 is 9.52 Å². The van der Waals surface area contributed by atoms with Crippen LogP contribution in [0.1, 0.15) is 22.6 Å². The van der Waals surface area contributed by atoms with E-state index in [9.17, 15) is 9.18 Å². The summed E-state index contributed by atoms with van der Waals surface area (Å²) in [5, 5.41) is 9.21. The maximum atomic E-state index is 13.3. The minimum absolute atomic E-state index is 0.406. The van der Waals surface area contributed by atoms with Crippen molar-refractivity contribution in [2.24, 2.45) is 0 Å². The lowest BCUT2D eigenvalue weighted by molar-refractivity contribution is -0.131. The Hall–Kier alpha value is -2.08. The van der Waals surface area contributed by atoms with Crippen molar-refractivity contribution < 1.29 is 18.7 Å². The zero-order valence-electron chi connectivity index (χ0n) is 11.6. The molecule has 0 atom stereocenters. The number of aliphatic carboxylic acids is 1. The summed E-state index contributed by atoms with van der Waals surface area (Å²) in [4.78, 5) is 14.8. The van der Waals surface area contributed by atoms with Gasteiger partial charge in [0.25, 0.3) is 5.22 Å². The number of halogens is 1. The minimum atomic E-state index is -1.07. The standard InChI is InChI=1S/C15H14FNO3S/c1-9-10(2)20-15(17-9)21-8-12-3-5-13(16)7-11(12)4-6-14(18)19/h3-7H,8H2,1-2H3,(H,18,19)/b6-4+. The maximum Gasteiger partial charge on any atom is 0.328 e. The van der Waals surface area contributed by atoms with Crippen molar-refractivity contribution in [3.63, 3.8) is 0 Å². The van der Waals surface area contributed by atoms with Gasteiger partial charge in [0.15, 0.2) is 0 Å². The molecule has 2 rings (SSSR count). The van der Waals surface area contributed by atoms with Crippen LogP contribution in [0.4, 0.5) is 4.39 Å². The van der Waals surface area contributed by atoms with E-state index in [4.69, 9.17) is 9.52 Å². The largest absolute Gasteiger partial charge is 0.478 e. The van der Waals surface area contributed by atoms with Gasteiger partial charge in [-0.15, -0.1) is 0 Å². The number of hydrogen-bond acceptors (Lipinski definition) is 4. The molecule has 1 aromatic carbocycles. The molecule has 6 heteroatoms. The van der Waals surface area contributed by atoms with Crippen LogP contribution in [0.5, 0.6) is 0 Å². The van der Waals surface area contributed by atoms with Gasteiger partial charge in [-0.2, -0.15) is 0 Å². The summed E-state index contributed by atoms with van der Waals surface area (Å²) in [5.41, 5.74) is 2.18. The predicted molar refractivity (Wildman–Crippen MR) is 78.6 cm³/mol.